The minimum atomic E-state index is -0.000602. The molecule has 2 aromatic rings. The number of benzene rings is 1. The van der Waals surface area contributed by atoms with Gasteiger partial charge in [0.15, 0.2) is 0 Å². The van der Waals surface area contributed by atoms with Crippen molar-refractivity contribution in [1.82, 2.24) is 4.37 Å². The quantitative estimate of drug-likeness (QED) is 0.650. The standard InChI is InChI=1S/C8H5NOS.ClH/c10-7-5-9-11-8-4-2-1-3-6(7)8;/h1-5H;1H. The maximum absolute atomic E-state index is 11.1. The fourth-order valence-electron chi connectivity index (χ4n) is 0.950. The van der Waals surface area contributed by atoms with Gasteiger partial charge in [-0.15, -0.1) is 12.4 Å². The lowest BCUT2D eigenvalue weighted by Crippen LogP contribution is -1.97. The summed E-state index contributed by atoms with van der Waals surface area (Å²) < 4.78 is 4.79. The van der Waals surface area contributed by atoms with Crippen LogP contribution in [0.2, 0.25) is 0 Å². The van der Waals surface area contributed by atoms with Crippen molar-refractivity contribution < 1.29 is 0 Å². The van der Waals surface area contributed by atoms with Gasteiger partial charge in [0.05, 0.1) is 10.9 Å². The molecule has 0 N–H and O–H groups in total. The van der Waals surface area contributed by atoms with Gasteiger partial charge in [0.25, 0.3) is 0 Å². The van der Waals surface area contributed by atoms with Crippen molar-refractivity contribution in [2.45, 2.75) is 0 Å². The molecule has 0 aliphatic rings. The fraction of sp³-hybridized carbons (Fsp3) is 0. The Kier molecular flexibility index (Phi) is 2.78. The number of rotatable bonds is 0. The third-order valence-corrected chi connectivity index (χ3v) is 2.24. The Balaban J connectivity index is 0.000000720. The third kappa shape index (κ3) is 1.47. The molecule has 1 heterocycles. The molecule has 0 aliphatic carbocycles. The molecule has 62 valence electrons. The van der Waals surface area contributed by atoms with Crippen LogP contribution in [0.4, 0.5) is 0 Å². The first-order valence-electron chi connectivity index (χ1n) is 3.22. The van der Waals surface area contributed by atoms with Crippen molar-refractivity contribution in [2.24, 2.45) is 0 Å². The predicted molar refractivity (Wildman–Crippen MR) is 53.1 cm³/mol. The molecule has 1 aromatic carbocycles. The summed E-state index contributed by atoms with van der Waals surface area (Å²) >= 11 is 1.34. The van der Waals surface area contributed by atoms with Crippen molar-refractivity contribution in [3.05, 3.63) is 40.7 Å². The molecule has 0 spiro atoms. The summed E-state index contributed by atoms with van der Waals surface area (Å²) in [7, 11) is 0. The van der Waals surface area contributed by atoms with Crippen LogP contribution < -0.4 is 5.43 Å². The summed E-state index contributed by atoms with van der Waals surface area (Å²) in [4.78, 5) is 11.1. The third-order valence-electron chi connectivity index (χ3n) is 1.47. The van der Waals surface area contributed by atoms with E-state index >= 15 is 0 Å². The van der Waals surface area contributed by atoms with Gasteiger partial charge in [-0.25, -0.2) is 0 Å². The second kappa shape index (κ2) is 3.65. The number of fused-ring (bicyclic) bond motifs is 1. The zero-order chi connectivity index (χ0) is 7.68. The van der Waals surface area contributed by atoms with Crippen LogP contribution in [-0.2, 0) is 0 Å². The Morgan fingerprint density at radius 2 is 2.00 bits per heavy atom. The van der Waals surface area contributed by atoms with E-state index in [-0.39, 0.29) is 17.8 Å². The molecule has 2 nitrogen and oxygen atoms in total. The summed E-state index contributed by atoms with van der Waals surface area (Å²) in [6, 6.07) is 7.47. The largest absolute Gasteiger partial charge is 0.287 e. The Labute approximate surface area is 79.4 Å². The fourth-order valence-corrected chi connectivity index (χ4v) is 1.62. The lowest BCUT2D eigenvalue weighted by molar-refractivity contribution is 1.49. The van der Waals surface area contributed by atoms with Crippen LogP contribution in [0.3, 0.4) is 0 Å². The van der Waals surface area contributed by atoms with Crippen molar-refractivity contribution in [1.29, 1.82) is 0 Å². The molecule has 0 atom stereocenters. The van der Waals surface area contributed by atoms with Gasteiger partial charge < -0.3 is 0 Å². The highest BCUT2D eigenvalue weighted by Crippen LogP contribution is 2.10. The maximum Gasteiger partial charge on any atom is 0.206 e. The molecule has 2 rings (SSSR count). The van der Waals surface area contributed by atoms with E-state index in [0.717, 1.165) is 10.1 Å². The van der Waals surface area contributed by atoms with Gasteiger partial charge >= 0.3 is 0 Å². The summed E-state index contributed by atoms with van der Waals surface area (Å²) in [6.07, 6.45) is 1.35. The predicted octanol–water partition coefficient (Wildman–Crippen LogP) is 2.08. The molecule has 1 aromatic heterocycles. The van der Waals surface area contributed by atoms with Gasteiger partial charge in [-0.05, 0) is 23.7 Å². The summed E-state index contributed by atoms with van der Waals surface area (Å²) in [6.45, 7) is 0. The first-order chi connectivity index (χ1) is 5.38. The van der Waals surface area contributed by atoms with E-state index in [1.165, 1.54) is 17.7 Å². The molecule has 0 radical (unpaired) electrons. The van der Waals surface area contributed by atoms with E-state index in [1.807, 2.05) is 24.3 Å². The van der Waals surface area contributed by atoms with Crippen LogP contribution >= 0.6 is 23.9 Å². The normalized spacial score (nSPS) is 9.33. The van der Waals surface area contributed by atoms with Gasteiger partial charge in [0.2, 0.25) is 5.43 Å². The molecule has 0 bridgehead atoms. The summed E-state index contributed by atoms with van der Waals surface area (Å²) in [5, 5.41) is 0.757. The zero-order valence-corrected chi connectivity index (χ0v) is 7.69. The van der Waals surface area contributed by atoms with E-state index in [0.29, 0.717) is 0 Å². The summed E-state index contributed by atoms with van der Waals surface area (Å²) in [5.41, 5.74) is -0.000602. The Bertz CT molecular complexity index is 435. The first kappa shape index (κ1) is 9.16. The van der Waals surface area contributed by atoms with E-state index in [2.05, 4.69) is 4.37 Å². The summed E-state index contributed by atoms with van der Waals surface area (Å²) in [5.74, 6) is 0. The number of nitrogens with zero attached hydrogens (tertiary/aromatic N) is 1. The first-order valence-corrected chi connectivity index (χ1v) is 3.99. The maximum atomic E-state index is 11.1. The SMILES string of the molecule is Cl.O=c1cnsc2ccccc12. The lowest BCUT2D eigenvalue weighted by atomic mass is 10.2. The lowest BCUT2D eigenvalue weighted by Gasteiger charge is -1.89. The second-order valence-corrected chi connectivity index (χ2v) is 3.02. The molecule has 0 saturated carbocycles. The van der Waals surface area contributed by atoms with E-state index < -0.39 is 0 Å². The van der Waals surface area contributed by atoms with Crippen molar-refractivity contribution in [3.63, 3.8) is 0 Å². The minimum absolute atomic E-state index is 0. The highest BCUT2D eigenvalue weighted by molar-refractivity contribution is 7.12. The van der Waals surface area contributed by atoms with Gasteiger partial charge in [-0.3, -0.25) is 4.79 Å². The highest BCUT2D eigenvalue weighted by Gasteiger charge is 1.94. The van der Waals surface area contributed by atoms with Crippen LogP contribution in [0.5, 0.6) is 0 Å². The van der Waals surface area contributed by atoms with E-state index in [9.17, 15) is 4.79 Å². The van der Waals surface area contributed by atoms with Crippen LogP contribution in [0.1, 0.15) is 0 Å². The van der Waals surface area contributed by atoms with Crippen LogP contribution in [0, 0.1) is 0 Å². The van der Waals surface area contributed by atoms with Crippen LogP contribution in [0.25, 0.3) is 10.1 Å². The molecule has 4 heteroatoms. The Morgan fingerprint density at radius 3 is 2.75 bits per heavy atom. The average Bonchev–Trinajstić information content (AvgIpc) is 2.06. The Hall–Kier alpha value is -0.930. The van der Waals surface area contributed by atoms with Gasteiger partial charge in [-0.1, -0.05) is 12.1 Å². The van der Waals surface area contributed by atoms with Crippen molar-refractivity contribution >= 4 is 34.0 Å². The van der Waals surface area contributed by atoms with Crippen LogP contribution in [-0.4, -0.2) is 4.37 Å². The van der Waals surface area contributed by atoms with E-state index in [4.69, 9.17) is 0 Å². The minimum Gasteiger partial charge on any atom is -0.287 e. The monoisotopic (exact) mass is 199 g/mol. The van der Waals surface area contributed by atoms with Gasteiger partial charge in [-0.2, -0.15) is 4.37 Å². The molecular weight excluding hydrogens is 194 g/mol. The molecule has 0 aliphatic heterocycles. The number of halogens is 1. The smallest absolute Gasteiger partial charge is 0.206 e. The van der Waals surface area contributed by atoms with E-state index in [1.54, 1.807) is 0 Å². The number of aromatic nitrogens is 1. The second-order valence-electron chi connectivity index (χ2n) is 2.19. The molecule has 0 fully saturated rings. The molecular formula is C8H6ClNOS. The topological polar surface area (TPSA) is 30.0 Å². The van der Waals surface area contributed by atoms with Crippen molar-refractivity contribution in [2.75, 3.05) is 0 Å². The molecule has 0 saturated heterocycles. The Morgan fingerprint density at radius 1 is 1.25 bits per heavy atom. The molecule has 0 unspecified atom stereocenters. The highest BCUT2D eigenvalue weighted by atomic mass is 35.5. The van der Waals surface area contributed by atoms with Gasteiger partial charge in [0.1, 0.15) is 0 Å². The van der Waals surface area contributed by atoms with Gasteiger partial charge in [0, 0.05) is 5.39 Å². The zero-order valence-electron chi connectivity index (χ0n) is 6.06. The number of hydrogen-bond acceptors (Lipinski definition) is 3. The molecule has 0 amide bonds. The molecule has 12 heavy (non-hydrogen) atoms. The van der Waals surface area contributed by atoms with Crippen molar-refractivity contribution in [3.8, 4) is 0 Å². The average molecular weight is 200 g/mol. The van der Waals surface area contributed by atoms with Crippen LogP contribution in [0.15, 0.2) is 35.3 Å². The number of hydrogen-bond donors (Lipinski definition) is 0.